The average molecular weight is 249 g/mol. The Morgan fingerprint density at radius 1 is 1.50 bits per heavy atom. The van der Waals surface area contributed by atoms with Crippen molar-refractivity contribution < 1.29 is 9.53 Å². The van der Waals surface area contributed by atoms with Crippen molar-refractivity contribution in [3.63, 3.8) is 0 Å². The molecule has 0 spiro atoms. The third-order valence-corrected chi connectivity index (χ3v) is 3.39. The van der Waals surface area contributed by atoms with Crippen molar-refractivity contribution in [3.05, 3.63) is 22.8 Å². The second-order valence-corrected chi connectivity index (χ2v) is 4.58. The Bertz CT molecular complexity index is 460. The van der Waals surface area contributed by atoms with Crippen LogP contribution in [0.1, 0.15) is 53.8 Å². The van der Waals surface area contributed by atoms with Crippen LogP contribution in [0.15, 0.2) is 0 Å². The van der Waals surface area contributed by atoms with Crippen LogP contribution >= 0.6 is 0 Å². The topological polar surface area (TPSA) is 64.1 Å². The minimum absolute atomic E-state index is 0.251. The number of nitrogens with one attached hydrogen (secondary N) is 1. The molecule has 2 heterocycles. The molecule has 1 aliphatic heterocycles. The number of nitrogens with zero attached hydrogens (tertiary/aromatic N) is 2. The number of methoxy groups -OCH3 is 1. The van der Waals surface area contributed by atoms with Crippen molar-refractivity contribution in [3.8, 4) is 0 Å². The summed E-state index contributed by atoms with van der Waals surface area (Å²) in [5, 5.41) is 3.27. The largest absolute Gasteiger partial charge is 0.464 e. The van der Waals surface area contributed by atoms with E-state index < -0.39 is 0 Å². The van der Waals surface area contributed by atoms with Gasteiger partial charge in [-0.05, 0) is 19.4 Å². The van der Waals surface area contributed by atoms with E-state index in [0.717, 1.165) is 36.5 Å². The van der Waals surface area contributed by atoms with Gasteiger partial charge in [-0.25, -0.2) is 14.8 Å². The minimum Gasteiger partial charge on any atom is -0.464 e. The van der Waals surface area contributed by atoms with Crippen LogP contribution in [0.25, 0.3) is 0 Å². The lowest BCUT2D eigenvalue weighted by Gasteiger charge is -2.20. The van der Waals surface area contributed by atoms with Gasteiger partial charge in [0.1, 0.15) is 5.82 Å². The summed E-state index contributed by atoms with van der Waals surface area (Å²) in [4.78, 5) is 20.8. The Labute approximate surface area is 107 Å². The molecule has 98 valence electrons. The first-order valence-corrected chi connectivity index (χ1v) is 6.36. The fraction of sp³-hybridized carbons (Fsp3) is 0.615. The molecule has 0 saturated carbocycles. The van der Waals surface area contributed by atoms with Gasteiger partial charge in [-0.3, -0.25) is 0 Å². The molecule has 1 aliphatic rings. The summed E-state index contributed by atoms with van der Waals surface area (Å²) < 4.78 is 4.82. The molecule has 1 aromatic heterocycles. The molecule has 2 rings (SSSR count). The maximum Gasteiger partial charge on any atom is 0.357 e. The summed E-state index contributed by atoms with van der Waals surface area (Å²) >= 11 is 0. The number of rotatable bonds is 3. The van der Waals surface area contributed by atoms with E-state index in [1.54, 1.807) is 0 Å². The van der Waals surface area contributed by atoms with Crippen LogP contribution in [0.5, 0.6) is 0 Å². The van der Waals surface area contributed by atoms with Gasteiger partial charge in [0.25, 0.3) is 0 Å². The molecular formula is C13H19N3O2. The lowest BCUT2D eigenvalue weighted by atomic mass is 10.0. The second-order valence-electron chi connectivity index (χ2n) is 4.58. The molecule has 5 heteroatoms. The lowest BCUT2D eigenvalue weighted by Crippen LogP contribution is -2.28. The molecule has 0 aliphatic carbocycles. The van der Waals surface area contributed by atoms with E-state index in [9.17, 15) is 4.79 Å². The number of ether oxygens (including phenoxy) is 1. The fourth-order valence-corrected chi connectivity index (χ4v) is 2.05. The molecule has 0 bridgehead atoms. The number of hydrogen-bond acceptors (Lipinski definition) is 5. The Morgan fingerprint density at radius 3 is 2.94 bits per heavy atom. The van der Waals surface area contributed by atoms with Crippen LogP contribution in [-0.4, -0.2) is 29.6 Å². The van der Waals surface area contributed by atoms with E-state index in [1.165, 1.54) is 7.11 Å². The summed E-state index contributed by atoms with van der Waals surface area (Å²) in [6, 6.07) is 0. The first-order chi connectivity index (χ1) is 8.67. The smallest absolute Gasteiger partial charge is 0.357 e. The molecule has 1 atom stereocenters. The molecule has 5 nitrogen and oxygen atoms in total. The normalized spacial score (nSPS) is 15.9. The van der Waals surface area contributed by atoms with Crippen molar-refractivity contribution in [1.29, 1.82) is 0 Å². The van der Waals surface area contributed by atoms with E-state index in [-0.39, 0.29) is 11.9 Å². The van der Waals surface area contributed by atoms with E-state index in [1.807, 2.05) is 0 Å². The molecule has 0 amide bonds. The van der Waals surface area contributed by atoms with E-state index in [0.29, 0.717) is 12.2 Å². The predicted octanol–water partition coefficient (Wildman–Crippen LogP) is 1.42. The van der Waals surface area contributed by atoms with Gasteiger partial charge >= 0.3 is 5.97 Å². The zero-order valence-electron chi connectivity index (χ0n) is 11.1. The first-order valence-electron chi connectivity index (χ1n) is 6.36. The molecule has 18 heavy (non-hydrogen) atoms. The van der Waals surface area contributed by atoms with Gasteiger partial charge in [-0.15, -0.1) is 0 Å². The molecular weight excluding hydrogens is 230 g/mol. The van der Waals surface area contributed by atoms with E-state index in [2.05, 4.69) is 29.1 Å². The maximum atomic E-state index is 11.8. The van der Waals surface area contributed by atoms with Gasteiger partial charge in [0, 0.05) is 18.0 Å². The number of fused-ring (bicyclic) bond motifs is 1. The zero-order chi connectivity index (χ0) is 13.1. The van der Waals surface area contributed by atoms with Gasteiger partial charge in [-0.2, -0.15) is 0 Å². The zero-order valence-corrected chi connectivity index (χ0v) is 11.1. The summed E-state index contributed by atoms with van der Waals surface area (Å²) in [7, 11) is 1.39. The van der Waals surface area contributed by atoms with Crippen LogP contribution in [0.2, 0.25) is 0 Å². The summed E-state index contributed by atoms with van der Waals surface area (Å²) in [5.41, 5.74) is 2.32. The predicted molar refractivity (Wildman–Crippen MR) is 67.5 cm³/mol. The van der Waals surface area contributed by atoms with Gasteiger partial charge in [0.2, 0.25) is 0 Å². The second kappa shape index (κ2) is 5.44. The van der Waals surface area contributed by atoms with Crippen molar-refractivity contribution in [2.75, 3.05) is 13.7 Å². The van der Waals surface area contributed by atoms with Crippen molar-refractivity contribution in [2.24, 2.45) is 0 Å². The third-order valence-electron chi connectivity index (χ3n) is 3.39. The van der Waals surface area contributed by atoms with Gasteiger partial charge in [-0.1, -0.05) is 13.8 Å². The molecule has 0 aromatic carbocycles. The number of hydrogen-bond donors (Lipinski definition) is 1. The van der Waals surface area contributed by atoms with Gasteiger partial charge in [0.15, 0.2) is 5.69 Å². The van der Waals surface area contributed by atoms with E-state index in [4.69, 9.17) is 4.74 Å². The molecule has 0 fully saturated rings. The van der Waals surface area contributed by atoms with E-state index >= 15 is 0 Å². The highest BCUT2D eigenvalue weighted by atomic mass is 16.5. The van der Waals surface area contributed by atoms with Crippen molar-refractivity contribution >= 4 is 5.97 Å². The average Bonchev–Trinajstić information content (AvgIpc) is 2.44. The van der Waals surface area contributed by atoms with Crippen LogP contribution < -0.4 is 5.32 Å². The fourth-order valence-electron chi connectivity index (χ4n) is 2.05. The first kappa shape index (κ1) is 13.0. The highest BCUT2D eigenvalue weighted by Gasteiger charge is 2.23. The highest BCUT2D eigenvalue weighted by Crippen LogP contribution is 2.21. The van der Waals surface area contributed by atoms with Gasteiger partial charge < -0.3 is 10.1 Å². The highest BCUT2D eigenvalue weighted by molar-refractivity contribution is 5.89. The molecule has 1 unspecified atom stereocenters. The van der Waals surface area contributed by atoms with Crippen LogP contribution in [-0.2, 0) is 17.7 Å². The summed E-state index contributed by atoms with van der Waals surface area (Å²) in [6.07, 6.45) is 1.73. The van der Waals surface area contributed by atoms with Crippen LogP contribution in [0.3, 0.4) is 0 Å². The molecule has 1 N–H and O–H groups in total. The van der Waals surface area contributed by atoms with Crippen molar-refractivity contribution in [1.82, 2.24) is 15.3 Å². The van der Waals surface area contributed by atoms with Crippen molar-refractivity contribution in [2.45, 2.75) is 39.2 Å². The lowest BCUT2D eigenvalue weighted by molar-refractivity contribution is 0.0591. The van der Waals surface area contributed by atoms with Crippen LogP contribution in [0, 0.1) is 0 Å². The number of carbonyl (C=O) groups is 1. The number of esters is 1. The summed E-state index contributed by atoms with van der Waals surface area (Å²) in [5.74, 6) is 0.626. The Morgan fingerprint density at radius 2 is 2.28 bits per heavy atom. The maximum absolute atomic E-state index is 11.8. The Hall–Kier alpha value is -1.49. The minimum atomic E-state index is -0.361. The Balaban J connectivity index is 2.51. The van der Waals surface area contributed by atoms with Gasteiger partial charge in [0.05, 0.1) is 12.8 Å². The molecule has 0 saturated heterocycles. The van der Waals surface area contributed by atoms with Crippen LogP contribution in [0.4, 0.5) is 0 Å². The molecule has 1 aromatic rings. The SMILES string of the molecule is CCC(C)c1nc2c(c(C(=O)OC)n1)CCNC2. The number of aromatic nitrogens is 2. The quantitative estimate of drug-likeness (QED) is 0.821. The standard InChI is InChI=1S/C13H19N3O2/c1-4-8(2)12-15-10-7-14-6-5-9(10)11(16-12)13(17)18-3/h8,14H,4-7H2,1-3H3. The monoisotopic (exact) mass is 249 g/mol. The Kier molecular flexibility index (Phi) is 3.91. The number of carbonyl (C=O) groups excluding carboxylic acids is 1. The summed E-state index contributed by atoms with van der Waals surface area (Å²) in [6.45, 7) is 5.71. The third kappa shape index (κ3) is 2.36. The molecule has 0 radical (unpaired) electrons.